The van der Waals surface area contributed by atoms with Gasteiger partial charge in [0.1, 0.15) is 5.60 Å². The Balaban J connectivity index is 1.38. The summed E-state index contributed by atoms with van der Waals surface area (Å²) < 4.78 is 37.8. The van der Waals surface area contributed by atoms with Crippen LogP contribution in [0.15, 0.2) is 162 Å². The molecule has 0 aromatic heterocycles. The summed E-state index contributed by atoms with van der Waals surface area (Å²) in [7, 11) is -4.20. The number of hydrogen-bond acceptors (Lipinski definition) is 6. The predicted molar refractivity (Wildman–Crippen MR) is 195 cm³/mol. The van der Waals surface area contributed by atoms with Crippen molar-refractivity contribution in [2.24, 2.45) is 0 Å². The van der Waals surface area contributed by atoms with E-state index in [0.29, 0.717) is 13.2 Å². The minimum absolute atomic E-state index is 0.0284. The van der Waals surface area contributed by atoms with Crippen LogP contribution >= 0.6 is 15.9 Å². The van der Waals surface area contributed by atoms with Gasteiger partial charge >= 0.3 is 0 Å². The van der Waals surface area contributed by atoms with E-state index in [0.717, 1.165) is 26.7 Å². The number of benzene rings is 5. The van der Waals surface area contributed by atoms with E-state index >= 15 is 0 Å². The van der Waals surface area contributed by atoms with E-state index in [1.807, 2.05) is 78.9 Å². The van der Waals surface area contributed by atoms with Crippen LogP contribution in [0.25, 0.3) is 0 Å². The standard InChI is InChI=1S/C39H36BrN3O5S/c1-2-26-42-35(27-41-49(46,47)37-21-13-12-20-34(37)43(44)45)38(29-22-24-33(40)25-23-29)36(42)28-48-39(30-14-6-3-7-15-30,31-16-8-4-9-17-31)32-18-10-5-11-19-32/h2-25,35-36,38,41H,1,26-28H2/t35-,36+,38-/m0/s1. The lowest BCUT2D eigenvalue weighted by molar-refractivity contribution is -0.387. The van der Waals surface area contributed by atoms with Crippen LogP contribution in [0.1, 0.15) is 28.2 Å². The van der Waals surface area contributed by atoms with Crippen LogP contribution in [0, 0.1) is 10.1 Å². The fourth-order valence-corrected chi connectivity index (χ4v) is 8.38. The molecule has 1 aliphatic rings. The second-order valence-electron chi connectivity index (χ2n) is 11.9. The molecule has 0 amide bonds. The summed E-state index contributed by atoms with van der Waals surface area (Å²) in [4.78, 5) is 12.8. The van der Waals surface area contributed by atoms with Gasteiger partial charge in [-0.25, -0.2) is 13.1 Å². The van der Waals surface area contributed by atoms with E-state index < -0.39 is 26.2 Å². The van der Waals surface area contributed by atoms with Crippen LogP contribution in [0.3, 0.4) is 0 Å². The normalized spacial score (nSPS) is 18.0. The Labute approximate surface area is 295 Å². The Morgan fingerprint density at radius 1 is 0.796 bits per heavy atom. The smallest absolute Gasteiger partial charge is 0.289 e. The highest BCUT2D eigenvalue weighted by Crippen LogP contribution is 2.45. The first-order chi connectivity index (χ1) is 23.8. The molecule has 10 heteroatoms. The SMILES string of the molecule is C=CCN1[C@H](COC(c2ccccc2)(c2ccccc2)c2ccccc2)[C@@H](c2ccc(Br)cc2)[C@@H]1CNS(=O)(=O)c1ccccc1[N+](=O)[O-]. The molecule has 5 aromatic rings. The van der Waals surface area contributed by atoms with Crippen molar-refractivity contribution < 1.29 is 18.1 Å². The van der Waals surface area contributed by atoms with Crippen molar-refractivity contribution in [3.05, 3.63) is 189 Å². The lowest BCUT2D eigenvalue weighted by Crippen LogP contribution is -2.67. The molecule has 0 saturated carbocycles. The van der Waals surface area contributed by atoms with Crippen molar-refractivity contribution in [2.45, 2.75) is 28.5 Å². The molecule has 3 atom stereocenters. The molecule has 1 heterocycles. The van der Waals surface area contributed by atoms with Crippen LogP contribution in [-0.2, 0) is 20.4 Å². The first-order valence-electron chi connectivity index (χ1n) is 15.9. The van der Waals surface area contributed by atoms with Crippen molar-refractivity contribution in [3.63, 3.8) is 0 Å². The number of para-hydroxylation sites is 1. The zero-order chi connectivity index (χ0) is 34.4. The van der Waals surface area contributed by atoms with Crippen molar-refractivity contribution in [3.8, 4) is 0 Å². The number of ether oxygens (including phenoxy) is 1. The minimum Gasteiger partial charge on any atom is -0.359 e. The third-order valence-electron chi connectivity index (χ3n) is 9.12. The quantitative estimate of drug-likeness (QED) is 0.0544. The third kappa shape index (κ3) is 7.01. The molecular weight excluding hydrogens is 702 g/mol. The number of likely N-dealkylation sites (tertiary alicyclic amines) is 1. The highest BCUT2D eigenvalue weighted by Gasteiger charge is 2.50. The van der Waals surface area contributed by atoms with Crippen LogP contribution in [0.4, 0.5) is 5.69 Å². The highest BCUT2D eigenvalue weighted by molar-refractivity contribution is 9.10. The van der Waals surface area contributed by atoms with E-state index in [-0.39, 0.29) is 29.4 Å². The summed E-state index contributed by atoms with van der Waals surface area (Å²) in [6.45, 7) is 4.81. The Kier molecular flexibility index (Phi) is 10.5. The molecule has 6 rings (SSSR count). The second-order valence-corrected chi connectivity index (χ2v) is 14.5. The molecule has 0 aliphatic carbocycles. The summed E-state index contributed by atoms with van der Waals surface area (Å²) in [6.07, 6.45) is 1.80. The molecule has 5 aromatic carbocycles. The average molecular weight is 739 g/mol. The summed E-state index contributed by atoms with van der Waals surface area (Å²) in [6, 6.07) is 43.4. The number of sulfonamides is 1. The van der Waals surface area contributed by atoms with Crippen LogP contribution in [0.2, 0.25) is 0 Å². The van der Waals surface area contributed by atoms with Crippen LogP contribution < -0.4 is 4.72 Å². The van der Waals surface area contributed by atoms with Crippen LogP contribution in [-0.4, -0.2) is 50.0 Å². The number of rotatable bonds is 14. The Hall–Kier alpha value is -4.45. The minimum atomic E-state index is -4.20. The lowest BCUT2D eigenvalue weighted by atomic mass is 9.74. The van der Waals surface area contributed by atoms with E-state index in [4.69, 9.17) is 4.74 Å². The van der Waals surface area contributed by atoms with Gasteiger partial charge in [-0.3, -0.25) is 15.0 Å². The summed E-state index contributed by atoms with van der Waals surface area (Å²) >= 11 is 3.54. The molecule has 1 N–H and O–H groups in total. The fraction of sp³-hybridized carbons (Fsp3) is 0.179. The number of nitro benzene ring substituents is 1. The molecule has 8 nitrogen and oxygen atoms in total. The van der Waals surface area contributed by atoms with E-state index in [1.54, 1.807) is 6.08 Å². The summed E-state index contributed by atoms with van der Waals surface area (Å²) in [5.74, 6) is -0.137. The van der Waals surface area contributed by atoms with Gasteiger partial charge in [-0.15, -0.1) is 6.58 Å². The fourth-order valence-electron chi connectivity index (χ4n) is 6.89. The first-order valence-corrected chi connectivity index (χ1v) is 18.2. The maximum Gasteiger partial charge on any atom is 0.289 e. The van der Waals surface area contributed by atoms with Gasteiger partial charge in [0.15, 0.2) is 4.90 Å². The monoisotopic (exact) mass is 737 g/mol. The third-order valence-corrected chi connectivity index (χ3v) is 11.1. The van der Waals surface area contributed by atoms with Gasteiger partial charge in [-0.1, -0.05) is 137 Å². The first kappa shape index (κ1) is 34.4. The molecule has 1 saturated heterocycles. The van der Waals surface area contributed by atoms with Gasteiger partial charge in [-0.2, -0.15) is 0 Å². The zero-order valence-electron chi connectivity index (χ0n) is 26.6. The van der Waals surface area contributed by atoms with Crippen LogP contribution in [0.5, 0.6) is 0 Å². The van der Waals surface area contributed by atoms with E-state index in [9.17, 15) is 18.5 Å². The number of nitrogens with one attached hydrogen (secondary N) is 1. The molecule has 250 valence electrons. The van der Waals surface area contributed by atoms with Gasteiger partial charge in [0, 0.05) is 41.6 Å². The van der Waals surface area contributed by atoms with Gasteiger partial charge in [0.2, 0.25) is 10.0 Å². The number of hydrogen-bond donors (Lipinski definition) is 1. The molecule has 1 fully saturated rings. The van der Waals surface area contributed by atoms with Crippen molar-refractivity contribution in [1.82, 2.24) is 9.62 Å². The summed E-state index contributed by atoms with van der Waals surface area (Å²) in [5, 5.41) is 11.7. The average Bonchev–Trinajstić information content (AvgIpc) is 3.13. The lowest BCUT2D eigenvalue weighted by Gasteiger charge is -2.56. The van der Waals surface area contributed by atoms with Crippen molar-refractivity contribution in [1.29, 1.82) is 0 Å². The molecule has 0 radical (unpaired) electrons. The molecule has 49 heavy (non-hydrogen) atoms. The Morgan fingerprint density at radius 3 is 1.82 bits per heavy atom. The van der Waals surface area contributed by atoms with E-state index in [2.05, 4.69) is 68.5 Å². The topological polar surface area (TPSA) is 102 Å². The number of nitrogens with zero attached hydrogens (tertiary/aromatic N) is 2. The molecule has 0 spiro atoms. The van der Waals surface area contributed by atoms with Gasteiger partial charge < -0.3 is 4.74 Å². The predicted octanol–water partition coefficient (Wildman–Crippen LogP) is 7.67. The Bertz CT molecular complexity index is 1900. The maximum absolute atomic E-state index is 13.5. The van der Waals surface area contributed by atoms with Gasteiger partial charge in [0.05, 0.1) is 11.5 Å². The Morgan fingerprint density at radius 2 is 1.31 bits per heavy atom. The zero-order valence-corrected chi connectivity index (χ0v) is 29.0. The maximum atomic E-state index is 13.5. The summed E-state index contributed by atoms with van der Waals surface area (Å²) in [5.41, 5.74) is 2.56. The van der Waals surface area contributed by atoms with Crippen molar-refractivity contribution in [2.75, 3.05) is 19.7 Å². The number of halogens is 1. The van der Waals surface area contributed by atoms with Gasteiger partial charge in [-0.05, 0) is 40.5 Å². The second kappa shape index (κ2) is 15.0. The molecule has 1 aliphatic heterocycles. The van der Waals surface area contributed by atoms with Crippen molar-refractivity contribution >= 4 is 31.6 Å². The van der Waals surface area contributed by atoms with Gasteiger partial charge in [0.25, 0.3) is 5.69 Å². The van der Waals surface area contributed by atoms with E-state index in [1.165, 1.54) is 24.3 Å². The molecule has 0 bridgehead atoms. The number of nitro groups is 1. The highest BCUT2D eigenvalue weighted by atomic mass is 79.9. The molecular formula is C39H36BrN3O5S. The molecule has 0 unspecified atom stereocenters. The largest absolute Gasteiger partial charge is 0.359 e.